The average Bonchev–Trinajstić information content (AvgIpc) is 2.95. The second kappa shape index (κ2) is 6.80. The fourth-order valence-corrected chi connectivity index (χ4v) is 2.61. The zero-order valence-electron chi connectivity index (χ0n) is 12.3. The van der Waals surface area contributed by atoms with Crippen LogP contribution in [0.15, 0.2) is 24.4 Å². The van der Waals surface area contributed by atoms with E-state index in [1.807, 2.05) is 23.7 Å². The SMILES string of the molecule is CCn1nccc1C(NN)c1cc(Cl)c(OC)c(OC)c1. The summed E-state index contributed by atoms with van der Waals surface area (Å²) in [4.78, 5) is 0. The lowest BCUT2D eigenvalue weighted by Crippen LogP contribution is -2.30. The smallest absolute Gasteiger partial charge is 0.179 e. The Morgan fingerprint density at radius 3 is 2.71 bits per heavy atom. The summed E-state index contributed by atoms with van der Waals surface area (Å²) in [6.07, 6.45) is 1.74. The molecular weight excluding hydrogens is 292 g/mol. The molecule has 1 heterocycles. The van der Waals surface area contributed by atoms with E-state index in [0.29, 0.717) is 16.5 Å². The van der Waals surface area contributed by atoms with Crippen LogP contribution in [-0.2, 0) is 6.54 Å². The van der Waals surface area contributed by atoms with Gasteiger partial charge in [0.05, 0.1) is 31.0 Å². The van der Waals surface area contributed by atoms with E-state index >= 15 is 0 Å². The number of benzene rings is 1. The third-order valence-corrected chi connectivity index (χ3v) is 3.58. The number of ether oxygens (including phenoxy) is 2. The molecule has 0 aliphatic heterocycles. The second-order valence-electron chi connectivity index (χ2n) is 4.41. The van der Waals surface area contributed by atoms with Crippen LogP contribution in [0.3, 0.4) is 0 Å². The number of nitrogens with one attached hydrogen (secondary N) is 1. The third kappa shape index (κ3) is 2.97. The summed E-state index contributed by atoms with van der Waals surface area (Å²) in [5.74, 6) is 6.79. The van der Waals surface area contributed by atoms with Crippen molar-refractivity contribution in [1.82, 2.24) is 15.2 Å². The maximum atomic E-state index is 6.25. The van der Waals surface area contributed by atoms with Crippen molar-refractivity contribution >= 4 is 11.6 Å². The number of methoxy groups -OCH3 is 2. The maximum Gasteiger partial charge on any atom is 0.179 e. The van der Waals surface area contributed by atoms with Gasteiger partial charge in [-0.15, -0.1) is 0 Å². The van der Waals surface area contributed by atoms with Crippen LogP contribution in [0.1, 0.15) is 24.2 Å². The molecule has 0 saturated heterocycles. The maximum absolute atomic E-state index is 6.25. The first-order valence-corrected chi connectivity index (χ1v) is 6.93. The summed E-state index contributed by atoms with van der Waals surface area (Å²) in [5.41, 5.74) is 4.61. The highest BCUT2D eigenvalue weighted by atomic mass is 35.5. The van der Waals surface area contributed by atoms with Crippen LogP contribution in [0, 0.1) is 0 Å². The second-order valence-corrected chi connectivity index (χ2v) is 4.82. The number of hydrazine groups is 1. The fraction of sp³-hybridized carbons (Fsp3) is 0.357. The number of nitrogens with zero attached hydrogens (tertiary/aromatic N) is 2. The van der Waals surface area contributed by atoms with Crippen LogP contribution in [-0.4, -0.2) is 24.0 Å². The number of nitrogens with two attached hydrogens (primary N) is 1. The van der Waals surface area contributed by atoms with Crippen LogP contribution >= 0.6 is 11.6 Å². The number of rotatable bonds is 6. The van der Waals surface area contributed by atoms with Gasteiger partial charge in [0.1, 0.15) is 0 Å². The number of aryl methyl sites for hydroxylation is 1. The average molecular weight is 311 g/mol. The molecule has 0 saturated carbocycles. The van der Waals surface area contributed by atoms with E-state index in [4.69, 9.17) is 26.9 Å². The Morgan fingerprint density at radius 1 is 1.38 bits per heavy atom. The molecule has 1 unspecified atom stereocenters. The first-order valence-electron chi connectivity index (χ1n) is 6.55. The Kier molecular flexibility index (Phi) is 5.06. The molecule has 0 aliphatic rings. The number of hydrogen-bond donors (Lipinski definition) is 2. The molecular formula is C14H19ClN4O2. The van der Waals surface area contributed by atoms with Gasteiger partial charge in [0, 0.05) is 12.7 Å². The minimum absolute atomic E-state index is 0.246. The van der Waals surface area contributed by atoms with Crippen molar-refractivity contribution in [2.75, 3.05) is 14.2 Å². The van der Waals surface area contributed by atoms with E-state index in [0.717, 1.165) is 17.8 Å². The number of aromatic nitrogens is 2. The van der Waals surface area contributed by atoms with Gasteiger partial charge in [-0.2, -0.15) is 5.10 Å². The molecule has 114 valence electrons. The highest BCUT2D eigenvalue weighted by Crippen LogP contribution is 2.38. The van der Waals surface area contributed by atoms with Gasteiger partial charge in [0.2, 0.25) is 0 Å². The minimum atomic E-state index is -0.246. The topological polar surface area (TPSA) is 74.3 Å². The molecule has 21 heavy (non-hydrogen) atoms. The Bertz CT molecular complexity index is 615. The van der Waals surface area contributed by atoms with Gasteiger partial charge in [0.15, 0.2) is 11.5 Å². The molecule has 0 fully saturated rings. The van der Waals surface area contributed by atoms with Gasteiger partial charge in [0.25, 0.3) is 0 Å². The van der Waals surface area contributed by atoms with E-state index in [-0.39, 0.29) is 6.04 Å². The standard InChI is InChI=1S/C14H19ClN4O2/c1-4-19-11(5-6-17-19)13(18-16)9-7-10(15)14(21-3)12(8-9)20-2/h5-8,13,18H,4,16H2,1-3H3. The van der Waals surface area contributed by atoms with Crippen LogP contribution in [0.4, 0.5) is 0 Å². The Morgan fingerprint density at radius 2 is 2.14 bits per heavy atom. The zero-order valence-corrected chi connectivity index (χ0v) is 13.0. The van der Waals surface area contributed by atoms with E-state index < -0.39 is 0 Å². The highest BCUT2D eigenvalue weighted by Gasteiger charge is 2.20. The molecule has 0 bridgehead atoms. The zero-order chi connectivity index (χ0) is 15.4. The molecule has 7 heteroatoms. The molecule has 0 aliphatic carbocycles. The fourth-order valence-electron chi connectivity index (χ4n) is 2.31. The van der Waals surface area contributed by atoms with Crippen LogP contribution in [0.25, 0.3) is 0 Å². The molecule has 0 amide bonds. The molecule has 2 aromatic rings. The summed E-state index contributed by atoms with van der Waals surface area (Å²) >= 11 is 6.25. The lowest BCUT2D eigenvalue weighted by molar-refractivity contribution is 0.354. The van der Waals surface area contributed by atoms with E-state index in [1.165, 1.54) is 0 Å². The normalized spacial score (nSPS) is 12.2. The number of halogens is 1. The largest absolute Gasteiger partial charge is 0.493 e. The van der Waals surface area contributed by atoms with E-state index in [9.17, 15) is 0 Å². The molecule has 1 aromatic carbocycles. The van der Waals surface area contributed by atoms with Crippen LogP contribution in [0.2, 0.25) is 5.02 Å². The first kappa shape index (κ1) is 15.6. The van der Waals surface area contributed by atoms with Crippen molar-refractivity contribution in [3.05, 3.63) is 40.7 Å². The third-order valence-electron chi connectivity index (χ3n) is 3.30. The Balaban J connectivity index is 2.50. The summed E-state index contributed by atoms with van der Waals surface area (Å²) in [7, 11) is 3.12. The van der Waals surface area contributed by atoms with Crippen molar-refractivity contribution in [3.63, 3.8) is 0 Å². The van der Waals surface area contributed by atoms with Gasteiger partial charge in [-0.1, -0.05) is 11.6 Å². The van der Waals surface area contributed by atoms with Crippen molar-refractivity contribution in [2.45, 2.75) is 19.5 Å². The van der Waals surface area contributed by atoms with Gasteiger partial charge in [-0.05, 0) is 30.7 Å². The molecule has 6 nitrogen and oxygen atoms in total. The van der Waals surface area contributed by atoms with Crippen molar-refractivity contribution in [1.29, 1.82) is 0 Å². The van der Waals surface area contributed by atoms with Crippen molar-refractivity contribution in [2.24, 2.45) is 5.84 Å². The van der Waals surface area contributed by atoms with Crippen molar-refractivity contribution in [3.8, 4) is 11.5 Å². The monoisotopic (exact) mass is 310 g/mol. The van der Waals surface area contributed by atoms with Gasteiger partial charge in [-0.3, -0.25) is 10.5 Å². The first-order chi connectivity index (χ1) is 10.2. The van der Waals surface area contributed by atoms with Crippen molar-refractivity contribution < 1.29 is 9.47 Å². The molecule has 0 radical (unpaired) electrons. The van der Waals surface area contributed by atoms with Crippen LogP contribution < -0.4 is 20.7 Å². The quantitative estimate of drug-likeness (QED) is 0.631. The molecule has 1 aromatic heterocycles. The molecule has 0 spiro atoms. The van der Waals surface area contributed by atoms with Gasteiger partial charge >= 0.3 is 0 Å². The van der Waals surface area contributed by atoms with Gasteiger partial charge in [-0.25, -0.2) is 5.43 Å². The number of hydrogen-bond acceptors (Lipinski definition) is 5. The summed E-state index contributed by atoms with van der Waals surface area (Å²) < 4.78 is 12.4. The molecule has 1 atom stereocenters. The lowest BCUT2D eigenvalue weighted by Gasteiger charge is -2.20. The lowest BCUT2D eigenvalue weighted by atomic mass is 10.0. The summed E-state index contributed by atoms with van der Waals surface area (Å²) in [6.45, 7) is 2.77. The van der Waals surface area contributed by atoms with E-state index in [2.05, 4.69) is 10.5 Å². The van der Waals surface area contributed by atoms with E-state index in [1.54, 1.807) is 26.5 Å². The minimum Gasteiger partial charge on any atom is -0.493 e. The molecule has 2 rings (SSSR count). The Labute approximate surface area is 128 Å². The predicted octanol–water partition coefficient (Wildman–Crippen LogP) is 2.13. The Hall–Kier alpha value is -1.76. The highest BCUT2D eigenvalue weighted by molar-refractivity contribution is 6.32. The van der Waals surface area contributed by atoms with Crippen LogP contribution in [0.5, 0.6) is 11.5 Å². The van der Waals surface area contributed by atoms with Gasteiger partial charge < -0.3 is 9.47 Å². The summed E-state index contributed by atoms with van der Waals surface area (Å²) in [6, 6.07) is 5.33. The molecule has 3 N–H and O–H groups in total. The predicted molar refractivity (Wildman–Crippen MR) is 81.6 cm³/mol. The summed E-state index contributed by atoms with van der Waals surface area (Å²) in [5, 5.41) is 4.73.